The second-order valence-electron chi connectivity index (χ2n) is 7.40. The molecule has 112 valence electrons. The van der Waals surface area contributed by atoms with Gasteiger partial charge in [0.1, 0.15) is 0 Å². The zero-order valence-corrected chi connectivity index (χ0v) is 13.2. The molecule has 3 nitrogen and oxygen atoms in total. The van der Waals surface area contributed by atoms with Gasteiger partial charge in [-0.25, -0.2) is 0 Å². The molecule has 2 saturated heterocycles. The van der Waals surface area contributed by atoms with Crippen LogP contribution >= 0.6 is 0 Å². The van der Waals surface area contributed by atoms with Crippen molar-refractivity contribution < 1.29 is 4.74 Å². The first-order chi connectivity index (χ1) is 9.00. The molecule has 3 heteroatoms. The molecule has 19 heavy (non-hydrogen) atoms. The van der Waals surface area contributed by atoms with E-state index in [1.165, 1.54) is 32.4 Å². The summed E-state index contributed by atoms with van der Waals surface area (Å²) in [5.41, 5.74) is 0.354. The molecule has 0 aromatic heterocycles. The minimum atomic E-state index is 0.354. The topological polar surface area (TPSA) is 24.5 Å². The second kappa shape index (κ2) is 6.55. The van der Waals surface area contributed by atoms with Crippen molar-refractivity contribution in [2.45, 2.75) is 59.0 Å². The third kappa shape index (κ3) is 4.17. The van der Waals surface area contributed by atoms with E-state index in [0.29, 0.717) is 11.5 Å². The van der Waals surface area contributed by atoms with Gasteiger partial charge in [-0.1, -0.05) is 27.7 Å². The van der Waals surface area contributed by atoms with E-state index in [1.807, 2.05) is 0 Å². The Morgan fingerprint density at radius 3 is 2.47 bits per heavy atom. The summed E-state index contributed by atoms with van der Waals surface area (Å²) in [4.78, 5) is 2.75. The molecule has 1 N–H and O–H groups in total. The lowest BCUT2D eigenvalue weighted by Crippen LogP contribution is -2.60. The molecular weight excluding hydrogens is 236 g/mol. The fourth-order valence-corrected chi connectivity index (χ4v) is 3.32. The lowest BCUT2D eigenvalue weighted by molar-refractivity contribution is 0.0251. The van der Waals surface area contributed by atoms with Gasteiger partial charge in [0.25, 0.3) is 0 Å². The van der Waals surface area contributed by atoms with E-state index in [-0.39, 0.29) is 0 Å². The Morgan fingerprint density at radius 2 is 1.89 bits per heavy atom. The van der Waals surface area contributed by atoms with Crippen molar-refractivity contribution in [3.05, 3.63) is 0 Å². The molecule has 0 aliphatic carbocycles. The van der Waals surface area contributed by atoms with Gasteiger partial charge < -0.3 is 10.1 Å². The number of nitrogens with zero attached hydrogens (tertiary/aromatic N) is 1. The summed E-state index contributed by atoms with van der Waals surface area (Å²) in [5, 5.41) is 3.76. The maximum absolute atomic E-state index is 5.49. The molecule has 0 amide bonds. The van der Waals surface area contributed by atoms with Gasteiger partial charge in [-0.15, -0.1) is 0 Å². The second-order valence-corrected chi connectivity index (χ2v) is 7.40. The van der Waals surface area contributed by atoms with Crippen LogP contribution < -0.4 is 5.32 Å². The van der Waals surface area contributed by atoms with E-state index in [4.69, 9.17) is 4.74 Å². The first-order valence-corrected chi connectivity index (χ1v) is 8.06. The molecule has 2 atom stereocenters. The van der Waals surface area contributed by atoms with Crippen molar-refractivity contribution in [2.24, 2.45) is 11.3 Å². The summed E-state index contributed by atoms with van der Waals surface area (Å²) < 4.78 is 5.49. The van der Waals surface area contributed by atoms with Gasteiger partial charge in [0.2, 0.25) is 0 Å². The van der Waals surface area contributed by atoms with Crippen LogP contribution in [0, 0.1) is 11.3 Å². The molecule has 0 aromatic carbocycles. The van der Waals surface area contributed by atoms with Crippen LogP contribution in [-0.2, 0) is 4.74 Å². The zero-order valence-electron chi connectivity index (χ0n) is 13.2. The third-order valence-electron chi connectivity index (χ3n) is 4.88. The molecular formula is C16H32N2O. The average Bonchev–Trinajstić information content (AvgIpc) is 2.39. The van der Waals surface area contributed by atoms with E-state index in [9.17, 15) is 0 Å². The maximum Gasteiger partial charge on any atom is 0.0469 e. The van der Waals surface area contributed by atoms with Crippen molar-refractivity contribution in [1.82, 2.24) is 10.2 Å². The SMILES string of the molecule is CCC1CNC(C(C)(C)C)CN1CC1CCOCC1. The molecule has 0 saturated carbocycles. The third-order valence-corrected chi connectivity index (χ3v) is 4.88. The van der Waals surface area contributed by atoms with Crippen LogP contribution in [-0.4, -0.2) is 49.8 Å². The number of piperazine rings is 1. The Bertz CT molecular complexity index is 268. The fourth-order valence-electron chi connectivity index (χ4n) is 3.32. The summed E-state index contributed by atoms with van der Waals surface area (Å²) in [6.07, 6.45) is 3.76. The van der Waals surface area contributed by atoms with Crippen LogP contribution in [0.5, 0.6) is 0 Å². The van der Waals surface area contributed by atoms with Crippen LogP contribution in [0.25, 0.3) is 0 Å². The quantitative estimate of drug-likeness (QED) is 0.851. The van der Waals surface area contributed by atoms with Gasteiger partial charge in [-0.3, -0.25) is 4.90 Å². The average molecular weight is 268 g/mol. The lowest BCUT2D eigenvalue weighted by atomic mass is 9.84. The number of hydrogen-bond acceptors (Lipinski definition) is 3. The molecule has 2 heterocycles. The molecule has 0 spiro atoms. The van der Waals surface area contributed by atoms with Crippen molar-refractivity contribution in [1.29, 1.82) is 0 Å². The largest absolute Gasteiger partial charge is 0.381 e. The molecule has 2 rings (SSSR count). The number of nitrogens with one attached hydrogen (secondary N) is 1. The van der Waals surface area contributed by atoms with Gasteiger partial charge in [0.05, 0.1) is 0 Å². The molecule has 2 unspecified atom stereocenters. The van der Waals surface area contributed by atoms with E-state index in [1.54, 1.807) is 0 Å². The smallest absolute Gasteiger partial charge is 0.0469 e. The van der Waals surface area contributed by atoms with E-state index < -0.39 is 0 Å². The van der Waals surface area contributed by atoms with Crippen LogP contribution in [0.1, 0.15) is 47.0 Å². The summed E-state index contributed by atoms with van der Waals surface area (Å²) in [7, 11) is 0. The Balaban J connectivity index is 1.93. The highest BCUT2D eigenvalue weighted by Crippen LogP contribution is 2.26. The van der Waals surface area contributed by atoms with Crippen LogP contribution in [0.4, 0.5) is 0 Å². The van der Waals surface area contributed by atoms with E-state index in [2.05, 4.69) is 37.9 Å². The van der Waals surface area contributed by atoms with E-state index in [0.717, 1.165) is 31.7 Å². The van der Waals surface area contributed by atoms with Gasteiger partial charge in [0, 0.05) is 44.9 Å². The highest BCUT2D eigenvalue weighted by Gasteiger charge is 2.34. The standard InChI is InChI=1S/C16H32N2O/c1-5-14-10-17-15(16(2,3)4)12-18(14)11-13-6-8-19-9-7-13/h13-15,17H,5-12H2,1-4H3. The monoisotopic (exact) mass is 268 g/mol. The summed E-state index contributed by atoms with van der Waals surface area (Å²) in [6.45, 7) is 14.9. The summed E-state index contributed by atoms with van der Waals surface area (Å²) >= 11 is 0. The Labute approximate surface area is 119 Å². The normalized spacial score (nSPS) is 31.6. The minimum absolute atomic E-state index is 0.354. The zero-order chi connectivity index (χ0) is 13.9. The van der Waals surface area contributed by atoms with Crippen LogP contribution in [0.3, 0.4) is 0 Å². The Kier molecular flexibility index (Phi) is 5.27. The van der Waals surface area contributed by atoms with Gasteiger partial charge >= 0.3 is 0 Å². The minimum Gasteiger partial charge on any atom is -0.381 e. The van der Waals surface area contributed by atoms with Crippen LogP contribution in [0.15, 0.2) is 0 Å². The lowest BCUT2D eigenvalue weighted by Gasteiger charge is -2.46. The highest BCUT2D eigenvalue weighted by atomic mass is 16.5. The van der Waals surface area contributed by atoms with Gasteiger partial charge in [-0.05, 0) is 30.6 Å². The molecule has 0 radical (unpaired) electrons. The van der Waals surface area contributed by atoms with Crippen molar-refractivity contribution in [3.63, 3.8) is 0 Å². The fraction of sp³-hybridized carbons (Fsp3) is 1.00. The van der Waals surface area contributed by atoms with Crippen LogP contribution in [0.2, 0.25) is 0 Å². The first-order valence-electron chi connectivity index (χ1n) is 8.06. The summed E-state index contributed by atoms with van der Waals surface area (Å²) in [5.74, 6) is 0.849. The Morgan fingerprint density at radius 1 is 1.21 bits per heavy atom. The predicted molar refractivity (Wildman–Crippen MR) is 80.4 cm³/mol. The first kappa shape index (κ1) is 15.3. The van der Waals surface area contributed by atoms with Gasteiger partial charge in [-0.2, -0.15) is 0 Å². The maximum atomic E-state index is 5.49. The van der Waals surface area contributed by atoms with E-state index >= 15 is 0 Å². The molecule has 0 aromatic rings. The predicted octanol–water partition coefficient (Wildman–Crippen LogP) is 2.51. The van der Waals surface area contributed by atoms with Crippen molar-refractivity contribution in [2.75, 3.05) is 32.8 Å². The van der Waals surface area contributed by atoms with Crippen molar-refractivity contribution in [3.8, 4) is 0 Å². The number of ether oxygens (including phenoxy) is 1. The summed E-state index contributed by atoms with van der Waals surface area (Å²) in [6, 6.07) is 1.34. The number of rotatable bonds is 3. The molecule has 0 bridgehead atoms. The molecule has 2 fully saturated rings. The van der Waals surface area contributed by atoms with Crippen molar-refractivity contribution >= 4 is 0 Å². The highest BCUT2D eigenvalue weighted by molar-refractivity contribution is 4.92. The Hall–Kier alpha value is -0.120. The molecule has 2 aliphatic heterocycles. The molecule has 2 aliphatic rings. The van der Waals surface area contributed by atoms with Gasteiger partial charge in [0.15, 0.2) is 0 Å². The number of hydrogen-bond donors (Lipinski definition) is 1.